The maximum Gasteiger partial charge on any atom is 0.303 e. The number of carbonyl (C=O) groups excluding carboxylic acids is 2. The smallest absolute Gasteiger partial charge is 0.303 e. The molecule has 7 heteroatoms. The van der Waals surface area contributed by atoms with Gasteiger partial charge in [0.05, 0.1) is 5.56 Å². The van der Waals surface area contributed by atoms with E-state index in [1.165, 1.54) is 16.2 Å². The second-order valence-electron chi connectivity index (χ2n) is 5.96. The van der Waals surface area contributed by atoms with E-state index in [0.717, 1.165) is 24.8 Å². The zero-order valence-corrected chi connectivity index (χ0v) is 14.2. The van der Waals surface area contributed by atoms with Gasteiger partial charge in [-0.1, -0.05) is 13.8 Å². The van der Waals surface area contributed by atoms with Crippen molar-refractivity contribution in [3.8, 4) is 0 Å². The molecule has 126 valence electrons. The van der Waals surface area contributed by atoms with Gasteiger partial charge in [-0.3, -0.25) is 14.4 Å². The molecular weight excluding hydrogens is 316 g/mol. The van der Waals surface area contributed by atoms with Gasteiger partial charge in [0, 0.05) is 23.8 Å². The van der Waals surface area contributed by atoms with Crippen molar-refractivity contribution in [3.63, 3.8) is 0 Å². The molecule has 1 aromatic rings. The van der Waals surface area contributed by atoms with Crippen molar-refractivity contribution in [1.82, 2.24) is 5.32 Å². The van der Waals surface area contributed by atoms with E-state index >= 15 is 0 Å². The van der Waals surface area contributed by atoms with Crippen LogP contribution in [0.3, 0.4) is 0 Å². The Labute approximate surface area is 139 Å². The predicted octanol–water partition coefficient (Wildman–Crippen LogP) is 2.43. The summed E-state index contributed by atoms with van der Waals surface area (Å²) in [7, 11) is 0. The van der Waals surface area contributed by atoms with Gasteiger partial charge in [0.15, 0.2) is 0 Å². The van der Waals surface area contributed by atoms with E-state index in [-0.39, 0.29) is 24.2 Å². The maximum absolute atomic E-state index is 12.5. The molecule has 0 unspecified atom stereocenters. The summed E-state index contributed by atoms with van der Waals surface area (Å²) in [5.41, 5.74) is 1.59. The monoisotopic (exact) mass is 338 g/mol. The number of amides is 2. The van der Waals surface area contributed by atoms with Crippen molar-refractivity contribution in [2.45, 2.75) is 46.0 Å². The molecule has 0 fully saturated rings. The van der Waals surface area contributed by atoms with Gasteiger partial charge in [-0.2, -0.15) is 0 Å². The van der Waals surface area contributed by atoms with Crippen LogP contribution in [0.4, 0.5) is 5.00 Å². The number of carboxylic acid groups (broad SMARTS) is 1. The van der Waals surface area contributed by atoms with Gasteiger partial charge in [0.1, 0.15) is 5.00 Å². The van der Waals surface area contributed by atoms with Gasteiger partial charge in [-0.15, -0.1) is 11.3 Å². The number of carboxylic acids is 1. The average Bonchev–Trinajstić information content (AvgIpc) is 3.03. The number of rotatable bonds is 7. The van der Waals surface area contributed by atoms with E-state index in [9.17, 15) is 14.4 Å². The summed E-state index contributed by atoms with van der Waals surface area (Å²) in [6.45, 7) is 3.93. The lowest BCUT2D eigenvalue weighted by molar-refractivity contribution is -0.137. The van der Waals surface area contributed by atoms with Crippen LogP contribution in [0, 0.1) is 5.92 Å². The van der Waals surface area contributed by atoms with Gasteiger partial charge in [0.25, 0.3) is 5.91 Å². The maximum atomic E-state index is 12.5. The molecule has 2 rings (SSSR count). The van der Waals surface area contributed by atoms with E-state index < -0.39 is 5.97 Å². The minimum atomic E-state index is -0.874. The summed E-state index contributed by atoms with van der Waals surface area (Å²) < 4.78 is 0. The summed E-state index contributed by atoms with van der Waals surface area (Å²) in [6.07, 6.45) is 3.23. The van der Waals surface area contributed by atoms with E-state index in [1.807, 2.05) is 13.8 Å². The molecule has 1 aliphatic carbocycles. The minimum absolute atomic E-state index is 0.0268. The van der Waals surface area contributed by atoms with Crippen LogP contribution in [0.15, 0.2) is 0 Å². The van der Waals surface area contributed by atoms with E-state index in [4.69, 9.17) is 5.11 Å². The predicted molar refractivity (Wildman–Crippen MR) is 89.0 cm³/mol. The van der Waals surface area contributed by atoms with Crippen molar-refractivity contribution >= 4 is 34.1 Å². The summed E-state index contributed by atoms with van der Waals surface area (Å²) in [5.74, 6) is -1.36. The number of hydrogen-bond acceptors (Lipinski definition) is 4. The van der Waals surface area contributed by atoms with E-state index in [0.29, 0.717) is 23.5 Å². The summed E-state index contributed by atoms with van der Waals surface area (Å²) >= 11 is 1.48. The molecule has 1 heterocycles. The molecule has 0 aliphatic heterocycles. The van der Waals surface area contributed by atoms with Crippen LogP contribution in [0.1, 0.15) is 53.9 Å². The summed E-state index contributed by atoms with van der Waals surface area (Å²) in [5, 5.41) is 14.9. The largest absolute Gasteiger partial charge is 0.481 e. The highest BCUT2D eigenvalue weighted by molar-refractivity contribution is 7.17. The third-order valence-corrected chi connectivity index (χ3v) is 4.97. The Kier molecular flexibility index (Phi) is 5.76. The fraction of sp³-hybridized carbons (Fsp3) is 0.562. The Morgan fingerprint density at radius 2 is 2.00 bits per heavy atom. The second-order valence-corrected chi connectivity index (χ2v) is 7.06. The first-order valence-corrected chi connectivity index (χ1v) is 8.67. The van der Waals surface area contributed by atoms with Crippen molar-refractivity contribution < 1.29 is 19.5 Å². The molecule has 2 amide bonds. The first-order chi connectivity index (χ1) is 10.9. The van der Waals surface area contributed by atoms with Crippen LogP contribution in [0.25, 0.3) is 0 Å². The molecule has 0 radical (unpaired) electrons. The van der Waals surface area contributed by atoms with Gasteiger partial charge < -0.3 is 15.7 Å². The Hall–Kier alpha value is -1.89. The topological polar surface area (TPSA) is 95.5 Å². The molecule has 0 aromatic carbocycles. The molecule has 23 heavy (non-hydrogen) atoms. The Morgan fingerprint density at radius 3 is 2.65 bits per heavy atom. The molecule has 0 spiro atoms. The van der Waals surface area contributed by atoms with Gasteiger partial charge >= 0.3 is 5.97 Å². The fourth-order valence-corrected chi connectivity index (χ4v) is 3.81. The summed E-state index contributed by atoms with van der Waals surface area (Å²) in [6, 6.07) is 0. The second kappa shape index (κ2) is 7.59. The molecule has 0 bridgehead atoms. The number of thiophene rings is 1. The molecule has 6 nitrogen and oxygen atoms in total. The molecule has 0 saturated heterocycles. The SMILES string of the molecule is CC(C)C(=O)Nc1sc2c(c1C(=O)NCCCC(=O)O)CCC2. The molecule has 0 atom stereocenters. The standard InChI is InChI=1S/C16H22N2O4S/c1-9(2)14(21)18-16-13(10-5-3-6-11(10)23-16)15(22)17-8-4-7-12(19)20/h9H,3-8H2,1-2H3,(H,17,22)(H,18,21)(H,19,20). The van der Waals surface area contributed by atoms with Crippen LogP contribution < -0.4 is 10.6 Å². The molecule has 0 saturated carbocycles. The molecule has 1 aliphatic rings. The highest BCUT2D eigenvalue weighted by Crippen LogP contribution is 2.39. The minimum Gasteiger partial charge on any atom is -0.481 e. The molecule has 3 N–H and O–H groups in total. The Balaban J connectivity index is 2.10. The van der Waals surface area contributed by atoms with E-state index in [2.05, 4.69) is 10.6 Å². The lowest BCUT2D eigenvalue weighted by Crippen LogP contribution is -2.27. The number of nitrogens with one attached hydrogen (secondary N) is 2. The lowest BCUT2D eigenvalue weighted by atomic mass is 10.1. The van der Waals surface area contributed by atoms with Crippen molar-refractivity contribution in [2.24, 2.45) is 5.92 Å². The Bertz CT molecular complexity index is 622. The van der Waals surface area contributed by atoms with Gasteiger partial charge in [0.2, 0.25) is 5.91 Å². The highest BCUT2D eigenvalue weighted by Gasteiger charge is 2.27. The van der Waals surface area contributed by atoms with Gasteiger partial charge in [-0.05, 0) is 31.2 Å². The number of fused-ring (bicyclic) bond motifs is 1. The lowest BCUT2D eigenvalue weighted by Gasteiger charge is -2.10. The first-order valence-electron chi connectivity index (χ1n) is 7.85. The first kappa shape index (κ1) is 17.5. The number of anilines is 1. The highest BCUT2D eigenvalue weighted by atomic mass is 32.1. The Morgan fingerprint density at radius 1 is 1.26 bits per heavy atom. The number of aryl methyl sites for hydroxylation is 1. The van der Waals surface area contributed by atoms with Crippen LogP contribution >= 0.6 is 11.3 Å². The molecular formula is C16H22N2O4S. The summed E-state index contributed by atoms with van der Waals surface area (Å²) in [4.78, 5) is 36.1. The number of aliphatic carboxylic acids is 1. The van der Waals surface area contributed by atoms with Crippen LogP contribution in [0.5, 0.6) is 0 Å². The average molecular weight is 338 g/mol. The number of carbonyl (C=O) groups is 3. The zero-order chi connectivity index (χ0) is 17.0. The quantitative estimate of drug-likeness (QED) is 0.665. The fourth-order valence-electron chi connectivity index (χ4n) is 2.52. The molecule has 1 aromatic heterocycles. The van der Waals surface area contributed by atoms with Crippen molar-refractivity contribution in [2.75, 3.05) is 11.9 Å². The van der Waals surface area contributed by atoms with Crippen LogP contribution in [0.2, 0.25) is 0 Å². The van der Waals surface area contributed by atoms with Crippen LogP contribution in [-0.4, -0.2) is 29.4 Å². The normalized spacial score (nSPS) is 13.0. The van der Waals surface area contributed by atoms with Crippen LogP contribution in [-0.2, 0) is 22.4 Å². The third kappa shape index (κ3) is 4.31. The number of hydrogen-bond donors (Lipinski definition) is 3. The zero-order valence-electron chi connectivity index (χ0n) is 13.4. The van der Waals surface area contributed by atoms with Crippen molar-refractivity contribution in [1.29, 1.82) is 0 Å². The van der Waals surface area contributed by atoms with Gasteiger partial charge in [-0.25, -0.2) is 0 Å². The third-order valence-electron chi connectivity index (χ3n) is 3.76. The van der Waals surface area contributed by atoms with Crippen molar-refractivity contribution in [3.05, 3.63) is 16.0 Å². The van der Waals surface area contributed by atoms with E-state index in [1.54, 1.807) is 0 Å².